The van der Waals surface area contributed by atoms with Crippen molar-refractivity contribution in [3.05, 3.63) is 0 Å². The maximum Gasteiger partial charge on any atom is 0.305 e. The third-order valence-electron chi connectivity index (χ3n) is 3.76. The Morgan fingerprint density at radius 1 is 1.38 bits per heavy atom. The number of ether oxygens (including phenoxy) is 1. The number of esters is 1. The lowest BCUT2D eigenvalue weighted by Crippen LogP contribution is -2.48. The molecule has 1 aliphatic rings. The number of methoxy groups -OCH3 is 1. The number of rotatable bonds is 8. The molecule has 0 aromatic heterocycles. The summed E-state index contributed by atoms with van der Waals surface area (Å²) < 4.78 is 31.0. The molecule has 1 rings (SSSR count). The Kier molecular flexibility index (Phi) is 7.62. The average molecular weight is 320 g/mol. The van der Waals surface area contributed by atoms with E-state index in [2.05, 4.69) is 10.1 Å². The number of carbonyl (C=O) groups is 1. The summed E-state index contributed by atoms with van der Waals surface area (Å²) in [6.45, 7) is 5.25. The molecule has 1 heterocycles. The van der Waals surface area contributed by atoms with Gasteiger partial charge in [-0.2, -0.15) is 4.31 Å². The van der Waals surface area contributed by atoms with E-state index in [-0.39, 0.29) is 30.2 Å². The lowest BCUT2D eigenvalue weighted by Gasteiger charge is -2.32. The topological polar surface area (TPSA) is 75.7 Å². The van der Waals surface area contributed by atoms with Gasteiger partial charge < -0.3 is 10.1 Å². The van der Waals surface area contributed by atoms with Gasteiger partial charge in [-0.15, -0.1) is 0 Å². The number of piperidine rings is 1. The smallest absolute Gasteiger partial charge is 0.305 e. The van der Waals surface area contributed by atoms with E-state index in [1.165, 1.54) is 7.11 Å². The van der Waals surface area contributed by atoms with Crippen molar-refractivity contribution >= 4 is 16.0 Å². The van der Waals surface area contributed by atoms with Crippen molar-refractivity contribution in [2.45, 2.75) is 58.0 Å². The fourth-order valence-electron chi connectivity index (χ4n) is 2.56. The van der Waals surface area contributed by atoms with Crippen LogP contribution in [0.5, 0.6) is 0 Å². The second-order valence-corrected chi connectivity index (χ2v) is 7.85. The molecule has 1 N–H and O–H groups in total. The van der Waals surface area contributed by atoms with Crippen LogP contribution in [-0.2, 0) is 19.6 Å². The van der Waals surface area contributed by atoms with Gasteiger partial charge in [0.1, 0.15) is 0 Å². The second-order valence-electron chi connectivity index (χ2n) is 5.81. The highest BCUT2D eigenvalue weighted by Gasteiger charge is 2.28. The molecule has 1 unspecified atom stereocenters. The highest BCUT2D eigenvalue weighted by Crippen LogP contribution is 2.15. The number of sulfonamides is 1. The van der Waals surface area contributed by atoms with Gasteiger partial charge in [0.05, 0.1) is 12.9 Å². The number of hydrogen-bond donors (Lipinski definition) is 1. The third kappa shape index (κ3) is 6.32. The number of nitrogens with zero attached hydrogens (tertiary/aromatic N) is 1. The fraction of sp³-hybridized carbons (Fsp3) is 0.929. The van der Waals surface area contributed by atoms with Crippen LogP contribution in [0.3, 0.4) is 0 Å². The molecule has 0 aromatic carbocycles. The molecular weight excluding hydrogens is 292 g/mol. The summed E-state index contributed by atoms with van der Waals surface area (Å²) in [6.07, 6.45) is 3.76. The van der Waals surface area contributed by atoms with Crippen LogP contribution in [0.2, 0.25) is 0 Å². The van der Waals surface area contributed by atoms with Gasteiger partial charge in [-0.3, -0.25) is 4.79 Å². The quantitative estimate of drug-likeness (QED) is 0.678. The van der Waals surface area contributed by atoms with Gasteiger partial charge in [0.25, 0.3) is 0 Å². The van der Waals surface area contributed by atoms with Gasteiger partial charge >= 0.3 is 5.97 Å². The third-order valence-corrected chi connectivity index (χ3v) is 5.85. The molecule has 0 spiro atoms. The minimum absolute atomic E-state index is 0.00694. The second kappa shape index (κ2) is 8.70. The molecular formula is C14H28N2O4S. The van der Waals surface area contributed by atoms with Crippen molar-refractivity contribution in [2.75, 3.05) is 26.0 Å². The monoisotopic (exact) mass is 320 g/mol. The molecule has 1 atom stereocenters. The average Bonchev–Trinajstić information content (AvgIpc) is 2.45. The summed E-state index contributed by atoms with van der Waals surface area (Å²) in [5.41, 5.74) is 0. The SMILES string of the molecule is COC(=O)CCCS(=O)(=O)N(CC1CCCCN1)C(C)C. The minimum Gasteiger partial charge on any atom is -0.469 e. The maximum absolute atomic E-state index is 12.5. The summed E-state index contributed by atoms with van der Waals surface area (Å²) >= 11 is 0. The van der Waals surface area contributed by atoms with E-state index in [0.29, 0.717) is 13.0 Å². The number of nitrogens with one attached hydrogen (secondary N) is 1. The first-order chi connectivity index (χ1) is 9.86. The lowest BCUT2D eigenvalue weighted by atomic mass is 10.1. The van der Waals surface area contributed by atoms with E-state index in [9.17, 15) is 13.2 Å². The largest absolute Gasteiger partial charge is 0.469 e. The van der Waals surface area contributed by atoms with Crippen molar-refractivity contribution in [3.8, 4) is 0 Å². The Hall–Kier alpha value is -0.660. The van der Waals surface area contributed by atoms with Crippen LogP contribution in [0.25, 0.3) is 0 Å². The Bertz CT molecular complexity index is 417. The summed E-state index contributed by atoms with van der Waals surface area (Å²) in [6, 6.07) is 0.161. The van der Waals surface area contributed by atoms with E-state index in [1.807, 2.05) is 13.8 Å². The molecule has 0 bridgehead atoms. The first-order valence-electron chi connectivity index (χ1n) is 7.66. The van der Waals surface area contributed by atoms with E-state index in [4.69, 9.17) is 0 Å². The summed E-state index contributed by atoms with van der Waals surface area (Å²) in [5, 5.41) is 3.38. The zero-order chi connectivity index (χ0) is 15.9. The Morgan fingerprint density at radius 2 is 2.10 bits per heavy atom. The normalized spacial score (nSPS) is 20.0. The van der Waals surface area contributed by atoms with Crippen molar-refractivity contribution in [3.63, 3.8) is 0 Å². The highest BCUT2D eigenvalue weighted by atomic mass is 32.2. The molecule has 0 aromatic rings. The Balaban J connectivity index is 2.58. The van der Waals surface area contributed by atoms with Crippen LogP contribution in [0.4, 0.5) is 0 Å². The molecule has 1 aliphatic heterocycles. The van der Waals surface area contributed by atoms with E-state index in [1.54, 1.807) is 4.31 Å². The summed E-state index contributed by atoms with van der Waals surface area (Å²) in [5.74, 6) is -0.372. The van der Waals surface area contributed by atoms with Gasteiger partial charge in [-0.1, -0.05) is 6.42 Å². The van der Waals surface area contributed by atoms with Crippen molar-refractivity contribution in [1.29, 1.82) is 0 Å². The zero-order valence-electron chi connectivity index (χ0n) is 13.3. The maximum atomic E-state index is 12.5. The van der Waals surface area contributed by atoms with Gasteiger partial charge in [-0.05, 0) is 39.7 Å². The van der Waals surface area contributed by atoms with Crippen molar-refractivity contribution < 1.29 is 17.9 Å². The lowest BCUT2D eigenvalue weighted by molar-refractivity contribution is -0.140. The van der Waals surface area contributed by atoms with Crippen LogP contribution in [-0.4, -0.2) is 56.7 Å². The first kappa shape index (κ1) is 18.4. The van der Waals surface area contributed by atoms with Crippen LogP contribution >= 0.6 is 0 Å². The predicted octanol–water partition coefficient (Wildman–Crippen LogP) is 1.12. The zero-order valence-corrected chi connectivity index (χ0v) is 14.1. The van der Waals surface area contributed by atoms with Crippen molar-refractivity contribution in [1.82, 2.24) is 9.62 Å². The van der Waals surface area contributed by atoms with Crippen LogP contribution in [0.15, 0.2) is 0 Å². The fourth-order valence-corrected chi connectivity index (χ4v) is 4.35. The Labute approximate surface area is 128 Å². The standard InChI is InChI=1S/C14H28N2O4S/c1-12(2)16(11-13-7-4-5-9-15-13)21(18,19)10-6-8-14(17)20-3/h12-13,15H,4-11H2,1-3H3. The molecule has 7 heteroatoms. The molecule has 0 radical (unpaired) electrons. The van der Waals surface area contributed by atoms with Crippen LogP contribution in [0, 0.1) is 0 Å². The predicted molar refractivity (Wildman–Crippen MR) is 82.5 cm³/mol. The van der Waals surface area contributed by atoms with Crippen LogP contribution in [0.1, 0.15) is 46.0 Å². The summed E-state index contributed by atoms with van der Waals surface area (Å²) in [7, 11) is -2.03. The molecule has 21 heavy (non-hydrogen) atoms. The van der Waals surface area contributed by atoms with E-state index in [0.717, 1.165) is 25.8 Å². The van der Waals surface area contributed by atoms with Gasteiger partial charge in [0, 0.05) is 25.0 Å². The first-order valence-corrected chi connectivity index (χ1v) is 9.27. The van der Waals surface area contributed by atoms with Crippen molar-refractivity contribution in [2.24, 2.45) is 0 Å². The van der Waals surface area contributed by atoms with Crippen LogP contribution < -0.4 is 5.32 Å². The highest BCUT2D eigenvalue weighted by molar-refractivity contribution is 7.89. The Morgan fingerprint density at radius 3 is 2.62 bits per heavy atom. The molecule has 1 saturated heterocycles. The molecule has 0 aliphatic carbocycles. The van der Waals surface area contributed by atoms with Gasteiger partial charge in [-0.25, -0.2) is 8.42 Å². The van der Waals surface area contributed by atoms with Gasteiger partial charge in [0.15, 0.2) is 0 Å². The number of carbonyl (C=O) groups excluding carboxylic acids is 1. The molecule has 1 fully saturated rings. The van der Waals surface area contributed by atoms with E-state index >= 15 is 0 Å². The van der Waals surface area contributed by atoms with Gasteiger partial charge in [0.2, 0.25) is 10.0 Å². The molecule has 0 saturated carbocycles. The van der Waals surface area contributed by atoms with E-state index < -0.39 is 10.0 Å². The molecule has 6 nitrogen and oxygen atoms in total. The summed E-state index contributed by atoms with van der Waals surface area (Å²) in [4.78, 5) is 11.1. The molecule has 0 amide bonds. The minimum atomic E-state index is -3.34. The number of hydrogen-bond acceptors (Lipinski definition) is 5. The molecule has 124 valence electrons.